The van der Waals surface area contributed by atoms with Crippen LogP contribution in [-0.4, -0.2) is 14.9 Å². The number of aromatic nitrogens is 2. The second kappa shape index (κ2) is 5.38. The van der Waals surface area contributed by atoms with Crippen LogP contribution >= 0.6 is 11.6 Å². The van der Waals surface area contributed by atoms with E-state index < -0.39 is 10.6 Å². The van der Waals surface area contributed by atoms with Crippen molar-refractivity contribution >= 4 is 34.6 Å². The van der Waals surface area contributed by atoms with E-state index >= 15 is 0 Å². The molecule has 1 aromatic heterocycles. The molecule has 0 radical (unpaired) electrons. The molecule has 0 fully saturated rings. The van der Waals surface area contributed by atoms with Crippen LogP contribution in [0.2, 0.25) is 5.02 Å². The molecular weight excluding hydrogens is 284 g/mol. The molecule has 2 rings (SSSR count). The summed E-state index contributed by atoms with van der Waals surface area (Å²) in [5.74, 6) is -0.362. The third-order valence-corrected chi connectivity index (χ3v) is 2.71. The van der Waals surface area contributed by atoms with Crippen LogP contribution < -0.4 is 11.1 Å². The molecule has 20 heavy (non-hydrogen) atoms. The molecule has 0 aliphatic rings. The van der Waals surface area contributed by atoms with Gasteiger partial charge in [-0.2, -0.15) is 5.26 Å². The lowest BCUT2D eigenvalue weighted by Gasteiger charge is -2.08. The van der Waals surface area contributed by atoms with Crippen LogP contribution in [0.1, 0.15) is 5.56 Å². The first-order valence-corrected chi connectivity index (χ1v) is 5.62. The normalized spacial score (nSPS) is 9.80. The van der Waals surface area contributed by atoms with Crippen LogP contribution in [0, 0.1) is 21.4 Å². The lowest BCUT2D eigenvalue weighted by atomic mass is 10.2. The molecule has 0 atom stereocenters. The van der Waals surface area contributed by atoms with Gasteiger partial charge < -0.3 is 11.1 Å². The Hall–Kier alpha value is -2.92. The Balaban J connectivity index is 2.48. The summed E-state index contributed by atoms with van der Waals surface area (Å²) in [6.07, 6.45) is 1.09. The van der Waals surface area contributed by atoms with Crippen LogP contribution in [0.5, 0.6) is 0 Å². The van der Waals surface area contributed by atoms with E-state index in [2.05, 4.69) is 15.3 Å². The average Bonchev–Trinajstić information content (AvgIpc) is 2.41. The third-order valence-electron chi connectivity index (χ3n) is 2.38. The number of hydrogen-bond acceptors (Lipinski definition) is 7. The van der Waals surface area contributed by atoms with Crippen LogP contribution in [0.3, 0.4) is 0 Å². The Morgan fingerprint density at radius 1 is 1.45 bits per heavy atom. The first-order valence-electron chi connectivity index (χ1n) is 5.24. The highest BCUT2D eigenvalue weighted by atomic mass is 35.5. The molecule has 3 N–H and O–H groups in total. The number of nitrogens with two attached hydrogens (primary N) is 1. The minimum atomic E-state index is -0.695. The first kappa shape index (κ1) is 13.5. The maximum atomic E-state index is 11.0. The van der Waals surface area contributed by atoms with Gasteiger partial charge in [-0.1, -0.05) is 11.6 Å². The topological polar surface area (TPSA) is 131 Å². The Morgan fingerprint density at radius 3 is 2.85 bits per heavy atom. The zero-order chi connectivity index (χ0) is 14.7. The molecule has 0 saturated heterocycles. The third kappa shape index (κ3) is 2.57. The highest BCUT2D eigenvalue weighted by Gasteiger charge is 2.21. The molecule has 0 aliphatic heterocycles. The van der Waals surface area contributed by atoms with Crippen molar-refractivity contribution in [3.63, 3.8) is 0 Å². The Labute approximate surface area is 118 Å². The van der Waals surface area contributed by atoms with Gasteiger partial charge in [-0.3, -0.25) is 10.1 Å². The second-order valence-corrected chi connectivity index (χ2v) is 4.05. The van der Waals surface area contributed by atoms with E-state index in [1.54, 1.807) is 0 Å². The van der Waals surface area contributed by atoms with Crippen molar-refractivity contribution in [2.45, 2.75) is 0 Å². The van der Waals surface area contributed by atoms with Gasteiger partial charge >= 0.3 is 5.69 Å². The number of halogens is 1. The van der Waals surface area contributed by atoms with Gasteiger partial charge in [0.25, 0.3) is 0 Å². The molecule has 9 heteroatoms. The number of nitriles is 1. The van der Waals surface area contributed by atoms with Gasteiger partial charge in [0.1, 0.15) is 6.33 Å². The Kier molecular flexibility index (Phi) is 3.63. The molecule has 0 unspecified atom stereocenters. The summed E-state index contributed by atoms with van der Waals surface area (Å²) in [6, 6.07) is 6.41. The first-order chi connectivity index (χ1) is 9.52. The SMILES string of the molecule is N#Cc1ccc(Cl)c(Nc2ncnc(N)c2[N+](=O)[O-])c1. The summed E-state index contributed by atoms with van der Waals surface area (Å²) in [6.45, 7) is 0. The van der Waals surface area contributed by atoms with Crippen LogP contribution in [-0.2, 0) is 0 Å². The van der Waals surface area contributed by atoms with Gasteiger partial charge in [-0.25, -0.2) is 9.97 Å². The summed E-state index contributed by atoms with van der Waals surface area (Å²) in [7, 11) is 0. The van der Waals surface area contributed by atoms with Crippen molar-refractivity contribution in [2.75, 3.05) is 11.1 Å². The molecule has 0 spiro atoms. The standard InChI is InChI=1S/C11H7ClN6O2/c12-7-2-1-6(4-13)3-8(7)17-11-9(18(19)20)10(14)15-5-16-11/h1-3,5H,(H3,14,15,16,17). The van der Waals surface area contributed by atoms with E-state index in [0.29, 0.717) is 11.3 Å². The number of benzene rings is 1. The van der Waals surface area contributed by atoms with Crippen LogP contribution in [0.15, 0.2) is 24.5 Å². The van der Waals surface area contributed by atoms with Crippen LogP contribution in [0.4, 0.5) is 23.0 Å². The molecule has 0 bridgehead atoms. The molecule has 2 aromatic rings. The smallest absolute Gasteiger partial charge is 0.353 e. The highest BCUT2D eigenvalue weighted by molar-refractivity contribution is 6.33. The summed E-state index contributed by atoms with van der Waals surface area (Å²) in [5, 5.41) is 22.8. The highest BCUT2D eigenvalue weighted by Crippen LogP contribution is 2.32. The van der Waals surface area contributed by atoms with E-state index in [1.165, 1.54) is 18.2 Å². The molecule has 0 saturated carbocycles. The van der Waals surface area contributed by atoms with Gasteiger partial charge in [0.05, 0.1) is 27.3 Å². The molecule has 1 aromatic carbocycles. The molecule has 1 heterocycles. The van der Waals surface area contributed by atoms with E-state index in [9.17, 15) is 10.1 Å². The fourth-order valence-corrected chi connectivity index (χ4v) is 1.65. The largest absolute Gasteiger partial charge is 0.378 e. The number of nitrogen functional groups attached to an aromatic ring is 1. The van der Waals surface area contributed by atoms with Crippen LogP contribution in [0.25, 0.3) is 0 Å². The maximum absolute atomic E-state index is 11.0. The van der Waals surface area contributed by atoms with Gasteiger partial charge in [-0.15, -0.1) is 0 Å². The minimum Gasteiger partial charge on any atom is -0.378 e. The second-order valence-electron chi connectivity index (χ2n) is 3.64. The number of anilines is 3. The molecule has 8 nitrogen and oxygen atoms in total. The van der Waals surface area contributed by atoms with E-state index in [0.717, 1.165) is 6.33 Å². The van der Waals surface area contributed by atoms with Gasteiger partial charge in [0.2, 0.25) is 11.6 Å². The Bertz CT molecular complexity index is 727. The zero-order valence-corrected chi connectivity index (χ0v) is 10.6. The molecular formula is C11H7ClN6O2. The van der Waals surface area contributed by atoms with E-state index in [-0.39, 0.29) is 16.7 Å². The zero-order valence-electron chi connectivity index (χ0n) is 9.87. The minimum absolute atomic E-state index is 0.0977. The van der Waals surface area contributed by atoms with Gasteiger partial charge in [0.15, 0.2) is 0 Å². The van der Waals surface area contributed by atoms with Crippen molar-refractivity contribution in [1.29, 1.82) is 5.26 Å². The van der Waals surface area contributed by atoms with Crippen molar-refractivity contribution in [1.82, 2.24) is 9.97 Å². The van der Waals surface area contributed by atoms with E-state index in [4.69, 9.17) is 22.6 Å². The number of nitro groups is 1. The number of hydrogen-bond donors (Lipinski definition) is 2. The predicted molar refractivity (Wildman–Crippen MR) is 72.5 cm³/mol. The Morgan fingerprint density at radius 2 is 2.20 bits per heavy atom. The van der Waals surface area contributed by atoms with Crippen molar-refractivity contribution < 1.29 is 4.92 Å². The van der Waals surface area contributed by atoms with Crippen molar-refractivity contribution in [2.24, 2.45) is 0 Å². The monoisotopic (exact) mass is 290 g/mol. The van der Waals surface area contributed by atoms with Gasteiger partial charge in [0, 0.05) is 0 Å². The number of rotatable bonds is 3. The summed E-state index contributed by atoms with van der Waals surface area (Å²) in [5.41, 5.74) is 5.66. The fourth-order valence-electron chi connectivity index (χ4n) is 1.48. The summed E-state index contributed by atoms with van der Waals surface area (Å²) >= 11 is 5.96. The lowest BCUT2D eigenvalue weighted by molar-refractivity contribution is -0.383. The van der Waals surface area contributed by atoms with Crippen molar-refractivity contribution in [3.05, 3.63) is 45.2 Å². The van der Waals surface area contributed by atoms with Crippen molar-refractivity contribution in [3.8, 4) is 6.07 Å². The summed E-state index contributed by atoms with van der Waals surface area (Å²) in [4.78, 5) is 17.6. The fraction of sp³-hybridized carbons (Fsp3) is 0. The lowest BCUT2D eigenvalue weighted by Crippen LogP contribution is -2.05. The predicted octanol–water partition coefficient (Wildman–Crippen LogP) is 2.24. The number of nitrogens with zero attached hydrogens (tertiary/aromatic N) is 4. The number of nitrogens with one attached hydrogen (secondary N) is 1. The quantitative estimate of drug-likeness (QED) is 0.654. The van der Waals surface area contributed by atoms with E-state index in [1.807, 2.05) is 6.07 Å². The maximum Gasteiger partial charge on any atom is 0.353 e. The summed E-state index contributed by atoms with van der Waals surface area (Å²) < 4.78 is 0. The molecule has 100 valence electrons. The average molecular weight is 291 g/mol. The molecule has 0 amide bonds. The molecule has 0 aliphatic carbocycles. The van der Waals surface area contributed by atoms with Gasteiger partial charge in [-0.05, 0) is 18.2 Å².